The molecule has 2 aliphatic rings. The molecule has 6 heteroatoms. The number of carbonyl (C=O) groups is 1. The third-order valence-electron chi connectivity index (χ3n) is 4.50. The zero-order valence-corrected chi connectivity index (χ0v) is 13.1. The Morgan fingerprint density at radius 1 is 1.21 bits per heavy atom. The summed E-state index contributed by atoms with van der Waals surface area (Å²) in [6.07, 6.45) is 2.24. The number of benzene rings is 1. The molecule has 1 aromatic heterocycles. The van der Waals surface area contributed by atoms with Crippen molar-refractivity contribution in [2.24, 2.45) is 0 Å². The van der Waals surface area contributed by atoms with Crippen molar-refractivity contribution < 1.29 is 9.53 Å². The summed E-state index contributed by atoms with van der Waals surface area (Å²) < 4.78 is 5.06. The average Bonchev–Trinajstić information content (AvgIpc) is 3.06. The lowest BCUT2D eigenvalue weighted by atomic mass is 9.97. The Morgan fingerprint density at radius 2 is 2.12 bits per heavy atom. The number of hydrogen-bond donors (Lipinski definition) is 0. The van der Waals surface area contributed by atoms with Gasteiger partial charge in [0.15, 0.2) is 0 Å². The number of nitrogens with zero attached hydrogens (tertiary/aromatic N) is 4. The molecule has 6 nitrogen and oxygen atoms in total. The zero-order chi connectivity index (χ0) is 16.5. The highest BCUT2D eigenvalue weighted by Crippen LogP contribution is 2.32. The first-order valence-corrected chi connectivity index (χ1v) is 7.93. The van der Waals surface area contributed by atoms with E-state index in [4.69, 9.17) is 4.74 Å². The molecule has 1 amide bonds. The number of anilines is 2. The highest BCUT2D eigenvalue weighted by atomic mass is 16.6. The lowest BCUT2D eigenvalue weighted by molar-refractivity contribution is 0.181. The summed E-state index contributed by atoms with van der Waals surface area (Å²) in [7, 11) is 0. The van der Waals surface area contributed by atoms with Crippen LogP contribution in [0.2, 0.25) is 0 Å². The van der Waals surface area contributed by atoms with Gasteiger partial charge in [0.25, 0.3) is 0 Å². The van der Waals surface area contributed by atoms with Crippen LogP contribution in [-0.2, 0) is 17.7 Å². The van der Waals surface area contributed by atoms with Gasteiger partial charge in [-0.3, -0.25) is 4.90 Å². The predicted octanol–water partition coefficient (Wildman–Crippen LogP) is 2.47. The maximum Gasteiger partial charge on any atom is 0.414 e. The number of aromatic nitrogens is 1. The maximum atomic E-state index is 11.9. The maximum absolute atomic E-state index is 11.9. The van der Waals surface area contributed by atoms with Crippen LogP contribution in [0.3, 0.4) is 0 Å². The molecule has 3 heterocycles. The highest BCUT2D eigenvalue weighted by molar-refractivity contribution is 5.90. The van der Waals surface area contributed by atoms with Crippen LogP contribution >= 0.6 is 0 Å². The SMILES string of the molecule is N#Cc1cccnc1N1CCc2c(cccc2N2CCOC2=O)C1. The van der Waals surface area contributed by atoms with Crippen LogP contribution < -0.4 is 9.80 Å². The van der Waals surface area contributed by atoms with Crippen LogP contribution in [0.5, 0.6) is 0 Å². The van der Waals surface area contributed by atoms with Crippen molar-refractivity contribution in [3.8, 4) is 6.07 Å². The van der Waals surface area contributed by atoms with Gasteiger partial charge in [-0.25, -0.2) is 9.78 Å². The molecule has 0 radical (unpaired) electrons. The largest absolute Gasteiger partial charge is 0.447 e. The van der Waals surface area contributed by atoms with Crippen LogP contribution in [-0.4, -0.2) is 30.8 Å². The number of rotatable bonds is 2. The van der Waals surface area contributed by atoms with Gasteiger partial charge in [0.05, 0.1) is 17.8 Å². The second-order valence-electron chi connectivity index (χ2n) is 5.84. The number of fused-ring (bicyclic) bond motifs is 1. The Hall–Kier alpha value is -3.07. The van der Waals surface area contributed by atoms with E-state index < -0.39 is 0 Å². The number of carbonyl (C=O) groups excluding carboxylic acids is 1. The smallest absolute Gasteiger partial charge is 0.414 e. The number of pyridine rings is 1. The van der Waals surface area contributed by atoms with Crippen molar-refractivity contribution in [2.45, 2.75) is 13.0 Å². The normalized spacial score (nSPS) is 16.5. The molecule has 0 unspecified atom stereocenters. The van der Waals surface area contributed by atoms with E-state index in [0.29, 0.717) is 25.3 Å². The Balaban J connectivity index is 1.67. The van der Waals surface area contributed by atoms with Gasteiger partial charge in [-0.15, -0.1) is 0 Å². The summed E-state index contributed by atoms with van der Waals surface area (Å²) in [6, 6.07) is 11.8. The molecule has 2 aromatic rings. The topological polar surface area (TPSA) is 69.5 Å². The highest BCUT2D eigenvalue weighted by Gasteiger charge is 2.29. The van der Waals surface area contributed by atoms with Crippen molar-refractivity contribution >= 4 is 17.6 Å². The van der Waals surface area contributed by atoms with Gasteiger partial charge >= 0.3 is 6.09 Å². The quantitative estimate of drug-likeness (QED) is 0.850. The molecular formula is C18H16N4O2. The van der Waals surface area contributed by atoms with E-state index in [1.165, 1.54) is 5.56 Å². The van der Waals surface area contributed by atoms with Crippen molar-refractivity contribution in [1.29, 1.82) is 5.26 Å². The van der Waals surface area contributed by atoms with Gasteiger partial charge in [-0.05, 0) is 35.7 Å². The summed E-state index contributed by atoms with van der Waals surface area (Å²) in [5.41, 5.74) is 3.87. The standard InChI is InChI=1S/C18H16N4O2/c19-11-13-4-2-7-20-17(13)21-8-6-15-14(12-21)3-1-5-16(15)22-9-10-24-18(22)23/h1-5,7H,6,8-10,12H2. The summed E-state index contributed by atoms with van der Waals surface area (Å²) in [4.78, 5) is 20.1. The third kappa shape index (κ3) is 2.35. The Labute approximate surface area is 139 Å². The lowest BCUT2D eigenvalue weighted by Gasteiger charge is -2.32. The minimum absolute atomic E-state index is 0.276. The molecule has 1 aromatic carbocycles. The number of hydrogen-bond acceptors (Lipinski definition) is 5. The fraction of sp³-hybridized carbons (Fsp3) is 0.278. The van der Waals surface area contributed by atoms with E-state index >= 15 is 0 Å². The van der Waals surface area contributed by atoms with E-state index in [9.17, 15) is 10.1 Å². The van der Waals surface area contributed by atoms with Crippen LogP contribution in [0.4, 0.5) is 16.3 Å². The minimum atomic E-state index is -0.276. The van der Waals surface area contributed by atoms with Gasteiger partial charge in [0.2, 0.25) is 0 Å². The minimum Gasteiger partial charge on any atom is -0.447 e. The van der Waals surface area contributed by atoms with Crippen LogP contribution in [0, 0.1) is 11.3 Å². The van der Waals surface area contributed by atoms with E-state index in [0.717, 1.165) is 30.0 Å². The molecule has 24 heavy (non-hydrogen) atoms. The number of amides is 1. The van der Waals surface area contributed by atoms with Crippen LogP contribution in [0.25, 0.3) is 0 Å². The van der Waals surface area contributed by atoms with Crippen molar-refractivity contribution in [3.05, 3.63) is 53.2 Å². The van der Waals surface area contributed by atoms with Gasteiger partial charge < -0.3 is 9.64 Å². The number of ether oxygens (including phenoxy) is 1. The first kappa shape index (κ1) is 14.5. The number of cyclic esters (lactones) is 1. The van der Waals surface area contributed by atoms with E-state index in [-0.39, 0.29) is 6.09 Å². The molecular weight excluding hydrogens is 304 g/mol. The molecule has 4 rings (SSSR count). The Morgan fingerprint density at radius 3 is 2.92 bits per heavy atom. The van der Waals surface area contributed by atoms with Gasteiger partial charge in [-0.2, -0.15) is 5.26 Å². The molecule has 1 fully saturated rings. The second kappa shape index (κ2) is 5.85. The first-order valence-electron chi connectivity index (χ1n) is 7.93. The molecule has 0 aliphatic carbocycles. The first-order chi connectivity index (χ1) is 11.8. The van der Waals surface area contributed by atoms with Crippen molar-refractivity contribution in [2.75, 3.05) is 29.5 Å². The van der Waals surface area contributed by atoms with Crippen molar-refractivity contribution in [1.82, 2.24) is 4.98 Å². The third-order valence-corrected chi connectivity index (χ3v) is 4.50. The van der Waals surface area contributed by atoms with Crippen LogP contribution in [0.15, 0.2) is 36.5 Å². The second-order valence-corrected chi connectivity index (χ2v) is 5.84. The zero-order valence-electron chi connectivity index (χ0n) is 13.1. The monoisotopic (exact) mass is 320 g/mol. The van der Waals surface area contributed by atoms with Gasteiger partial charge in [0.1, 0.15) is 18.5 Å². The van der Waals surface area contributed by atoms with Crippen molar-refractivity contribution in [3.63, 3.8) is 0 Å². The summed E-state index contributed by atoms with van der Waals surface area (Å²) in [5.74, 6) is 0.719. The summed E-state index contributed by atoms with van der Waals surface area (Å²) in [6.45, 7) is 2.47. The van der Waals surface area contributed by atoms with Crippen LogP contribution in [0.1, 0.15) is 16.7 Å². The molecule has 0 N–H and O–H groups in total. The molecule has 0 saturated carbocycles. The Bertz CT molecular complexity index is 843. The fourth-order valence-electron chi connectivity index (χ4n) is 3.37. The van der Waals surface area contributed by atoms with E-state index in [1.54, 1.807) is 23.2 Å². The van der Waals surface area contributed by atoms with E-state index in [1.807, 2.05) is 12.1 Å². The Kier molecular flexibility index (Phi) is 3.54. The fourth-order valence-corrected chi connectivity index (χ4v) is 3.37. The number of nitriles is 1. The van der Waals surface area contributed by atoms with Gasteiger partial charge in [0, 0.05) is 19.3 Å². The average molecular weight is 320 g/mol. The molecule has 120 valence electrons. The van der Waals surface area contributed by atoms with E-state index in [2.05, 4.69) is 22.0 Å². The summed E-state index contributed by atoms with van der Waals surface area (Å²) in [5, 5.41) is 9.29. The molecule has 1 saturated heterocycles. The lowest BCUT2D eigenvalue weighted by Crippen LogP contribution is -2.33. The molecule has 2 aliphatic heterocycles. The summed E-state index contributed by atoms with van der Waals surface area (Å²) >= 11 is 0. The molecule has 0 spiro atoms. The molecule has 0 bridgehead atoms. The van der Waals surface area contributed by atoms with Gasteiger partial charge in [-0.1, -0.05) is 12.1 Å². The predicted molar refractivity (Wildman–Crippen MR) is 88.8 cm³/mol. The molecule has 0 atom stereocenters.